The normalized spacial score (nSPS) is 11.6. The van der Waals surface area contributed by atoms with Gasteiger partial charge in [0.25, 0.3) is 0 Å². The lowest BCUT2D eigenvalue weighted by molar-refractivity contribution is 0.460. The summed E-state index contributed by atoms with van der Waals surface area (Å²) in [5, 5.41) is 10.2. The Labute approximate surface area is 171 Å². The molecule has 0 spiro atoms. The molecule has 0 saturated carbocycles. The van der Waals surface area contributed by atoms with E-state index in [1.807, 2.05) is 91.0 Å². The van der Waals surface area contributed by atoms with Gasteiger partial charge in [0.1, 0.15) is 5.75 Å². The molecule has 29 heavy (non-hydrogen) atoms. The van der Waals surface area contributed by atoms with Crippen LogP contribution in [-0.2, 0) is 4.18 Å². The lowest BCUT2D eigenvalue weighted by Gasteiger charge is -2.33. The highest BCUT2D eigenvalue weighted by molar-refractivity contribution is 8.30. The van der Waals surface area contributed by atoms with Crippen LogP contribution in [0.1, 0.15) is 5.56 Å². The first-order valence-electron chi connectivity index (χ1n) is 9.24. The Bertz CT molecular complexity index is 1000. The number of hydrogen-bond donors (Lipinski definition) is 1. The Hall–Kier alpha value is -3.50. The largest absolute Gasteiger partial charge is 0.534 e. The van der Waals surface area contributed by atoms with Crippen LogP contribution in [0.2, 0.25) is 0 Å². The van der Waals surface area contributed by atoms with Crippen LogP contribution in [0.5, 0.6) is 5.75 Å². The lowest BCUT2D eigenvalue weighted by Crippen LogP contribution is -2.15. The zero-order valence-corrected chi connectivity index (χ0v) is 16.5. The number of hydrogen-bond acceptors (Lipinski definition) is 2. The average molecular weight is 402 g/mol. The van der Waals surface area contributed by atoms with Crippen LogP contribution in [0.4, 0.5) is 0 Å². The molecule has 3 nitrogen and oxygen atoms in total. The van der Waals surface area contributed by atoms with E-state index in [0.29, 0.717) is 0 Å². The van der Waals surface area contributed by atoms with Crippen LogP contribution in [0.3, 0.4) is 0 Å². The quantitative estimate of drug-likeness (QED) is 0.407. The fourth-order valence-electron chi connectivity index (χ4n) is 3.21. The second-order valence-corrected chi connectivity index (χ2v) is 9.09. The minimum atomic E-state index is -2.29. The fourth-order valence-corrected chi connectivity index (χ4v) is 6.26. The van der Waals surface area contributed by atoms with E-state index in [0.717, 1.165) is 14.7 Å². The number of rotatable bonds is 5. The summed E-state index contributed by atoms with van der Waals surface area (Å²) >= 11 is 0. The molecule has 4 aromatic rings. The van der Waals surface area contributed by atoms with E-state index < -0.39 is 10.3 Å². The second-order valence-electron chi connectivity index (χ2n) is 6.40. The Kier molecular flexibility index (Phi) is 5.36. The predicted octanol–water partition coefficient (Wildman–Crippen LogP) is 6.16. The van der Waals surface area contributed by atoms with Crippen LogP contribution >= 0.6 is 10.3 Å². The number of phenols is 1. The van der Waals surface area contributed by atoms with Crippen molar-refractivity contribution in [1.29, 1.82) is 0 Å². The second kappa shape index (κ2) is 8.25. The molecule has 0 bridgehead atoms. The van der Waals surface area contributed by atoms with Crippen molar-refractivity contribution in [2.24, 2.45) is 0 Å². The standard InChI is InChI=1S/C25H20O3S/c26-24-19-11-10-18-23(24)25(27)28-29(20-12-4-1-5-13-20,21-14-6-2-7-15-21)22-16-8-3-9-17-22/h1-19,26H/p+1. The Morgan fingerprint density at radius 3 is 1.38 bits per heavy atom. The summed E-state index contributed by atoms with van der Waals surface area (Å²) in [6.07, 6.45) is 0. The maximum Gasteiger partial charge on any atom is 0.534 e. The molecule has 0 atom stereocenters. The van der Waals surface area contributed by atoms with Gasteiger partial charge in [-0.05, 0) is 48.5 Å². The molecule has 0 unspecified atom stereocenters. The molecule has 0 aliphatic heterocycles. The highest BCUT2D eigenvalue weighted by atomic mass is 32.3. The zero-order chi connectivity index (χ0) is 20.1. The highest BCUT2D eigenvalue weighted by Crippen LogP contribution is 2.69. The molecule has 0 radical (unpaired) electrons. The molecule has 4 rings (SSSR count). The van der Waals surface area contributed by atoms with Gasteiger partial charge in [0.15, 0.2) is 5.56 Å². The summed E-state index contributed by atoms with van der Waals surface area (Å²) in [4.78, 5) is 13.8. The molecule has 0 heterocycles. The molecule has 4 aromatic carbocycles. The lowest BCUT2D eigenvalue weighted by atomic mass is 10.2. The highest BCUT2D eigenvalue weighted by Gasteiger charge is 2.43. The molecular formula is C25H21O3S+. The van der Waals surface area contributed by atoms with Gasteiger partial charge in [0.05, 0.1) is 25.0 Å². The third-order valence-corrected chi connectivity index (χ3v) is 7.78. The average Bonchev–Trinajstić information content (AvgIpc) is 2.79. The van der Waals surface area contributed by atoms with Crippen molar-refractivity contribution >= 4 is 16.3 Å². The van der Waals surface area contributed by atoms with Crippen molar-refractivity contribution < 1.29 is 14.1 Å². The van der Waals surface area contributed by atoms with Gasteiger partial charge in [-0.15, -0.1) is 0 Å². The number of para-hydroxylation sites is 1. The summed E-state index contributed by atoms with van der Waals surface area (Å²) < 4.78 is 6.46. The molecule has 0 amide bonds. The molecule has 0 fully saturated rings. The van der Waals surface area contributed by atoms with Crippen LogP contribution in [-0.4, -0.2) is 15.9 Å². The topological polar surface area (TPSA) is 50.9 Å². The van der Waals surface area contributed by atoms with Gasteiger partial charge >= 0.3 is 5.97 Å². The summed E-state index contributed by atoms with van der Waals surface area (Å²) in [5.74, 6) is -0.345. The molecule has 2 N–H and O–H groups in total. The van der Waals surface area contributed by atoms with Gasteiger partial charge in [-0.25, -0.2) is 4.18 Å². The number of benzene rings is 4. The molecule has 0 aromatic heterocycles. The van der Waals surface area contributed by atoms with Crippen LogP contribution < -0.4 is 0 Å². The van der Waals surface area contributed by atoms with Gasteiger partial charge < -0.3 is 9.90 Å². The minimum absolute atomic E-state index is 0.0347. The fraction of sp³-hybridized carbons (Fsp3) is 0. The molecule has 0 aliphatic rings. The molecular weight excluding hydrogens is 380 g/mol. The van der Waals surface area contributed by atoms with Gasteiger partial charge in [0, 0.05) is 0 Å². The Balaban J connectivity index is 1.95. The summed E-state index contributed by atoms with van der Waals surface area (Å²) in [6.45, 7) is 0. The first kappa shape index (κ1) is 18.8. The van der Waals surface area contributed by atoms with E-state index in [-0.39, 0.29) is 17.3 Å². The van der Waals surface area contributed by atoms with E-state index in [4.69, 9.17) is 4.18 Å². The van der Waals surface area contributed by atoms with Gasteiger partial charge in [0.2, 0.25) is 0 Å². The smallest absolute Gasteiger partial charge is 0.507 e. The third-order valence-electron chi connectivity index (χ3n) is 4.56. The van der Waals surface area contributed by atoms with Crippen molar-refractivity contribution in [3.8, 4) is 5.75 Å². The van der Waals surface area contributed by atoms with Crippen molar-refractivity contribution in [3.63, 3.8) is 0 Å². The summed E-state index contributed by atoms with van der Waals surface area (Å²) in [6, 6.07) is 36.3. The third kappa shape index (κ3) is 3.62. The first-order valence-corrected chi connectivity index (χ1v) is 10.8. The molecule has 144 valence electrons. The first-order chi connectivity index (χ1) is 14.2. The van der Waals surface area contributed by atoms with Crippen LogP contribution in [0.15, 0.2) is 130 Å². The van der Waals surface area contributed by atoms with Crippen molar-refractivity contribution in [2.75, 3.05) is 0 Å². The van der Waals surface area contributed by atoms with Gasteiger partial charge in [-0.2, -0.15) is 0 Å². The maximum atomic E-state index is 11.0. The van der Waals surface area contributed by atoms with E-state index in [2.05, 4.69) is 0 Å². The molecule has 4 heteroatoms. The van der Waals surface area contributed by atoms with E-state index in [1.54, 1.807) is 18.2 Å². The van der Waals surface area contributed by atoms with Crippen molar-refractivity contribution in [1.82, 2.24) is 0 Å². The van der Waals surface area contributed by atoms with Crippen molar-refractivity contribution in [3.05, 3.63) is 121 Å². The number of carbonyl (C=O) groups excluding carboxylic acids is 1. The SMILES string of the molecule is Oc1ccccc1C(=[OH+])OS(c1ccccc1)(c1ccccc1)c1ccccc1. The van der Waals surface area contributed by atoms with Gasteiger partial charge in [-0.3, -0.25) is 0 Å². The van der Waals surface area contributed by atoms with E-state index in [1.165, 1.54) is 6.07 Å². The summed E-state index contributed by atoms with van der Waals surface area (Å²) in [5.41, 5.74) is 0.257. The number of aromatic hydroxyl groups is 1. The zero-order valence-electron chi connectivity index (χ0n) is 15.7. The van der Waals surface area contributed by atoms with E-state index in [9.17, 15) is 9.90 Å². The molecule has 0 saturated heterocycles. The molecule has 0 aliphatic carbocycles. The monoisotopic (exact) mass is 401 g/mol. The maximum absolute atomic E-state index is 11.0. The minimum Gasteiger partial charge on any atom is -0.507 e. The number of phenolic OH excluding ortho intramolecular Hbond substituents is 1. The van der Waals surface area contributed by atoms with Gasteiger partial charge in [-0.1, -0.05) is 66.7 Å². The predicted molar refractivity (Wildman–Crippen MR) is 117 cm³/mol. The van der Waals surface area contributed by atoms with Crippen LogP contribution in [0.25, 0.3) is 0 Å². The Morgan fingerprint density at radius 1 is 0.586 bits per heavy atom. The van der Waals surface area contributed by atoms with Crippen molar-refractivity contribution in [2.45, 2.75) is 14.7 Å². The van der Waals surface area contributed by atoms with E-state index >= 15 is 0 Å². The van der Waals surface area contributed by atoms with Crippen LogP contribution in [0, 0.1) is 0 Å². The summed E-state index contributed by atoms with van der Waals surface area (Å²) in [7, 11) is -2.29. The Morgan fingerprint density at radius 2 is 0.966 bits per heavy atom.